The Bertz CT molecular complexity index is 1390. The lowest BCUT2D eigenvalue weighted by molar-refractivity contribution is 0.116. The zero-order chi connectivity index (χ0) is 23.0. The number of benzene rings is 3. The number of nitrogens with one attached hydrogen (secondary N) is 2. The van der Waals surface area contributed by atoms with Gasteiger partial charge in [-0.15, -0.1) is 0 Å². The summed E-state index contributed by atoms with van der Waals surface area (Å²) in [5, 5.41) is 23.0. The normalized spacial score (nSPS) is 11.6. The summed E-state index contributed by atoms with van der Waals surface area (Å²) in [5.74, 6) is 0.139. The van der Waals surface area contributed by atoms with Gasteiger partial charge < -0.3 is 10.4 Å². The molecule has 0 atom stereocenters. The van der Waals surface area contributed by atoms with Crippen molar-refractivity contribution in [3.8, 4) is 0 Å². The van der Waals surface area contributed by atoms with E-state index in [2.05, 4.69) is 25.5 Å². The Morgan fingerprint density at radius 2 is 1.45 bits per heavy atom. The van der Waals surface area contributed by atoms with Crippen LogP contribution in [-0.4, -0.2) is 25.3 Å². The van der Waals surface area contributed by atoms with E-state index in [-0.39, 0.29) is 5.82 Å². The molecule has 6 nitrogen and oxygen atoms in total. The second kappa shape index (κ2) is 8.07. The van der Waals surface area contributed by atoms with Crippen LogP contribution in [0.2, 0.25) is 0 Å². The first-order chi connectivity index (χ1) is 15.9. The fourth-order valence-corrected chi connectivity index (χ4v) is 3.74. The Labute approximate surface area is 188 Å². The van der Waals surface area contributed by atoms with E-state index in [1.807, 2.05) is 31.2 Å². The molecule has 0 aliphatic rings. The number of aromatic amines is 1. The Morgan fingerprint density at radius 1 is 0.848 bits per heavy atom. The van der Waals surface area contributed by atoms with Gasteiger partial charge in [-0.2, -0.15) is 5.10 Å². The largest absolute Gasteiger partial charge is 0.373 e. The highest BCUT2D eigenvalue weighted by Gasteiger charge is 2.38. The number of aryl methyl sites for hydroxylation is 1. The summed E-state index contributed by atoms with van der Waals surface area (Å²) in [6.07, 6.45) is 0. The monoisotopic (exact) mass is 443 g/mol. The van der Waals surface area contributed by atoms with Crippen molar-refractivity contribution in [1.29, 1.82) is 0 Å². The first-order valence-corrected chi connectivity index (χ1v) is 10.2. The van der Waals surface area contributed by atoms with Crippen molar-refractivity contribution in [3.05, 3.63) is 113 Å². The SMILES string of the molecule is Cc1cc(Nc2nc(C(O)(c3ccc(F)cc3)c3ccc(F)cc3)nc3ccccc23)n[nH]1. The van der Waals surface area contributed by atoms with Crippen molar-refractivity contribution in [2.45, 2.75) is 12.5 Å². The second-order valence-electron chi connectivity index (χ2n) is 7.70. The van der Waals surface area contributed by atoms with E-state index in [1.165, 1.54) is 48.5 Å². The molecule has 0 saturated carbocycles. The van der Waals surface area contributed by atoms with Gasteiger partial charge in [0.1, 0.15) is 17.5 Å². The molecule has 2 heterocycles. The van der Waals surface area contributed by atoms with Crippen LogP contribution >= 0.6 is 0 Å². The molecule has 0 fully saturated rings. The van der Waals surface area contributed by atoms with E-state index in [1.54, 1.807) is 6.07 Å². The Hall–Kier alpha value is -4.17. The van der Waals surface area contributed by atoms with Gasteiger partial charge in [0, 0.05) is 17.1 Å². The molecule has 0 unspecified atom stereocenters. The average molecular weight is 443 g/mol. The summed E-state index contributed by atoms with van der Waals surface area (Å²) in [5.41, 5.74) is 0.258. The molecule has 0 saturated heterocycles. The molecule has 5 aromatic rings. The molecule has 0 aliphatic heterocycles. The Morgan fingerprint density at radius 3 is 2.03 bits per heavy atom. The number of aromatic nitrogens is 4. The summed E-state index contributed by atoms with van der Waals surface area (Å²) >= 11 is 0. The van der Waals surface area contributed by atoms with Gasteiger partial charge in [0.2, 0.25) is 0 Å². The number of halogens is 2. The van der Waals surface area contributed by atoms with Crippen molar-refractivity contribution in [2.24, 2.45) is 0 Å². The molecule has 0 radical (unpaired) electrons. The molecule has 3 aromatic carbocycles. The van der Waals surface area contributed by atoms with Gasteiger partial charge in [0.15, 0.2) is 17.2 Å². The number of nitrogens with zero attached hydrogens (tertiary/aromatic N) is 3. The van der Waals surface area contributed by atoms with Gasteiger partial charge in [-0.1, -0.05) is 36.4 Å². The molecule has 33 heavy (non-hydrogen) atoms. The zero-order valence-corrected chi connectivity index (χ0v) is 17.6. The third-order valence-corrected chi connectivity index (χ3v) is 5.40. The predicted octanol–water partition coefficient (Wildman–Crippen LogP) is 4.97. The average Bonchev–Trinajstić information content (AvgIpc) is 3.24. The lowest BCUT2D eigenvalue weighted by Gasteiger charge is -2.28. The molecule has 0 aliphatic carbocycles. The smallest absolute Gasteiger partial charge is 0.175 e. The number of anilines is 2. The minimum Gasteiger partial charge on any atom is -0.373 e. The van der Waals surface area contributed by atoms with Crippen LogP contribution in [0.5, 0.6) is 0 Å². The first-order valence-electron chi connectivity index (χ1n) is 10.2. The van der Waals surface area contributed by atoms with Crippen LogP contribution in [0.15, 0.2) is 78.9 Å². The first kappa shape index (κ1) is 20.7. The van der Waals surface area contributed by atoms with E-state index in [9.17, 15) is 13.9 Å². The number of H-pyrrole nitrogens is 1. The van der Waals surface area contributed by atoms with Gasteiger partial charge in [-0.3, -0.25) is 5.10 Å². The van der Waals surface area contributed by atoms with Crippen LogP contribution in [0.3, 0.4) is 0 Å². The van der Waals surface area contributed by atoms with E-state index in [4.69, 9.17) is 0 Å². The van der Waals surface area contributed by atoms with E-state index in [0.717, 1.165) is 11.1 Å². The van der Waals surface area contributed by atoms with Crippen LogP contribution in [-0.2, 0) is 5.60 Å². The number of hydrogen-bond acceptors (Lipinski definition) is 5. The number of fused-ring (bicyclic) bond motifs is 1. The van der Waals surface area contributed by atoms with Crippen molar-refractivity contribution >= 4 is 22.5 Å². The molecule has 0 amide bonds. The minimum atomic E-state index is -1.87. The van der Waals surface area contributed by atoms with Crippen molar-refractivity contribution < 1.29 is 13.9 Å². The van der Waals surface area contributed by atoms with Gasteiger partial charge in [0.25, 0.3) is 0 Å². The fraction of sp³-hybridized carbons (Fsp3) is 0.0800. The molecule has 164 valence electrons. The van der Waals surface area contributed by atoms with E-state index < -0.39 is 17.2 Å². The van der Waals surface area contributed by atoms with Crippen LogP contribution in [0.25, 0.3) is 10.9 Å². The van der Waals surface area contributed by atoms with Crippen LogP contribution in [0.1, 0.15) is 22.6 Å². The standard InChI is InChI=1S/C25H19F2N5O/c1-15-14-22(32-31-15)29-23-20-4-2-3-5-21(20)28-24(30-23)25(33,16-6-10-18(26)11-7-16)17-8-12-19(27)13-9-17/h2-14,33H,1H3,(H2,28,29,30,31,32). The topological polar surface area (TPSA) is 86.7 Å². The second-order valence-corrected chi connectivity index (χ2v) is 7.70. The van der Waals surface area contributed by atoms with Gasteiger partial charge in [-0.05, 0) is 54.4 Å². The van der Waals surface area contributed by atoms with Gasteiger partial charge in [0.05, 0.1) is 5.52 Å². The summed E-state index contributed by atoms with van der Waals surface area (Å²) in [6, 6.07) is 20.0. The van der Waals surface area contributed by atoms with Crippen molar-refractivity contribution in [1.82, 2.24) is 20.2 Å². The predicted molar refractivity (Wildman–Crippen MR) is 121 cm³/mol. The Balaban J connectivity index is 1.75. The highest BCUT2D eigenvalue weighted by atomic mass is 19.1. The molecular weight excluding hydrogens is 424 g/mol. The molecule has 3 N–H and O–H groups in total. The zero-order valence-electron chi connectivity index (χ0n) is 17.6. The molecular formula is C25H19F2N5O. The maximum atomic E-state index is 13.7. The number of hydrogen-bond donors (Lipinski definition) is 3. The van der Waals surface area contributed by atoms with Crippen LogP contribution in [0.4, 0.5) is 20.4 Å². The molecule has 0 spiro atoms. The fourth-order valence-electron chi connectivity index (χ4n) is 3.74. The summed E-state index contributed by atoms with van der Waals surface area (Å²) in [6.45, 7) is 1.88. The minimum absolute atomic E-state index is 0.0502. The lowest BCUT2D eigenvalue weighted by Crippen LogP contribution is -2.31. The summed E-state index contributed by atoms with van der Waals surface area (Å²) in [7, 11) is 0. The van der Waals surface area contributed by atoms with Crippen LogP contribution < -0.4 is 5.32 Å². The molecule has 0 bridgehead atoms. The third kappa shape index (κ3) is 3.81. The molecule has 5 rings (SSSR count). The number of rotatable bonds is 5. The highest BCUT2D eigenvalue weighted by molar-refractivity contribution is 5.90. The number of para-hydroxylation sites is 1. The van der Waals surface area contributed by atoms with E-state index in [0.29, 0.717) is 28.3 Å². The lowest BCUT2D eigenvalue weighted by atomic mass is 9.85. The van der Waals surface area contributed by atoms with E-state index >= 15 is 0 Å². The maximum Gasteiger partial charge on any atom is 0.175 e. The molecule has 2 aromatic heterocycles. The summed E-state index contributed by atoms with van der Waals surface area (Å²) < 4.78 is 27.3. The van der Waals surface area contributed by atoms with Gasteiger partial charge in [-0.25, -0.2) is 18.7 Å². The highest BCUT2D eigenvalue weighted by Crippen LogP contribution is 2.37. The maximum absolute atomic E-state index is 13.7. The van der Waals surface area contributed by atoms with Crippen molar-refractivity contribution in [3.63, 3.8) is 0 Å². The Kier molecular flexibility index (Phi) is 5.07. The van der Waals surface area contributed by atoms with Crippen molar-refractivity contribution in [2.75, 3.05) is 5.32 Å². The number of aliphatic hydroxyl groups is 1. The summed E-state index contributed by atoms with van der Waals surface area (Å²) in [4.78, 5) is 9.30. The molecule has 8 heteroatoms. The van der Waals surface area contributed by atoms with Crippen LogP contribution in [0, 0.1) is 18.6 Å². The third-order valence-electron chi connectivity index (χ3n) is 5.40. The quantitative estimate of drug-likeness (QED) is 0.357. The van der Waals surface area contributed by atoms with Gasteiger partial charge >= 0.3 is 0 Å².